The van der Waals surface area contributed by atoms with Crippen molar-refractivity contribution in [3.05, 3.63) is 0 Å². The van der Waals surface area contributed by atoms with Crippen molar-refractivity contribution in [3.63, 3.8) is 0 Å². The van der Waals surface area contributed by atoms with Crippen LogP contribution in [0, 0.1) is 0 Å². The van der Waals surface area contributed by atoms with E-state index in [1.807, 2.05) is 0 Å². The molecule has 0 fully saturated rings. The fourth-order valence-corrected chi connectivity index (χ4v) is 4.18. The van der Waals surface area contributed by atoms with Crippen molar-refractivity contribution >= 4 is 17.7 Å². The highest BCUT2D eigenvalue weighted by Crippen LogP contribution is 2.23. The first kappa shape index (κ1) is 25.8. The molecule has 0 radical (unpaired) electrons. The lowest BCUT2D eigenvalue weighted by Gasteiger charge is -2.18. The average molecular weight is 389 g/mol. The van der Waals surface area contributed by atoms with Gasteiger partial charge in [-0.25, -0.2) is 0 Å². The SMILES string of the molecule is CCCCCCCCCCCCCCCC(O)S[C@H](CC)COC(C)=O. The maximum atomic E-state index is 10.9. The number of carbonyl (C=O) groups excluding carboxylic acids is 1. The summed E-state index contributed by atoms with van der Waals surface area (Å²) in [7, 11) is 0. The van der Waals surface area contributed by atoms with E-state index in [-0.39, 0.29) is 16.7 Å². The Hall–Kier alpha value is -0.220. The lowest BCUT2D eigenvalue weighted by Crippen LogP contribution is -2.17. The number of esters is 1. The van der Waals surface area contributed by atoms with Crippen LogP contribution in [0.2, 0.25) is 0 Å². The number of hydrogen-bond acceptors (Lipinski definition) is 4. The van der Waals surface area contributed by atoms with Crippen molar-refractivity contribution in [1.82, 2.24) is 0 Å². The van der Waals surface area contributed by atoms with E-state index in [2.05, 4.69) is 13.8 Å². The van der Waals surface area contributed by atoms with Crippen LogP contribution in [0.1, 0.15) is 117 Å². The molecule has 0 aromatic heterocycles. The smallest absolute Gasteiger partial charge is 0.302 e. The van der Waals surface area contributed by atoms with Gasteiger partial charge in [0.1, 0.15) is 6.61 Å². The van der Waals surface area contributed by atoms with Gasteiger partial charge >= 0.3 is 5.97 Å². The molecule has 0 heterocycles. The molecule has 0 rings (SSSR count). The number of carbonyl (C=O) groups is 1. The summed E-state index contributed by atoms with van der Waals surface area (Å²) in [5.41, 5.74) is -0.330. The summed E-state index contributed by atoms with van der Waals surface area (Å²) in [6, 6.07) is 0. The van der Waals surface area contributed by atoms with Crippen LogP contribution in [0.5, 0.6) is 0 Å². The number of aliphatic hydroxyl groups is 1. The Balaban J connectivity index is 3.36. The minimum atomic E-state index is -0.330. The molecule has 0 saturated carbocycles. The number of unbranched alkanes of at least 4 members (excludes halogenated alkanes) is 12. The summed E-state index contributed by atoms with van der Waals surface area (Å²) >= 11 is 1.55. The van der Waals surface area contributed by atoms with Crippen molar-refractivity contribution in [2.24, 2.45) is 0 Å². The molecule has 1 unspecified atom stereocenters. The van der Waals surface area contributed by atoms with E-state index in [9.17, 15) is 9.90 Å². The van der Waals surface area contributed by atoms with Crippen LogP contribution in [0.25, 0.3) is 0 Å². The first-order valence-corrected chi connectivity index (χ1v) is 12.0. The van der Waals surface area contributed by atoms with Crippen molar-refractivity contribution < 1.29 is 14.6 Å². The van der Waals surface area contributed by atoms with Crippen LogP contribution in [0.3, 0.4) is 0 Å². The third-order valence-corrected chi connectivity index (χ3v) is 6.24. The summed E-state index contributed by atoms with van der Waals surface area (Å²) in [6.07, 6.45) is 19.3. The lowest BCUT2D eigenvalue weighted by molar-refractivity contribution is -0.140. The maximum Gasteiger partial charge on any atom is 0.302 e. The van der Waals surface area contributed by atoms with Crippen molar-refractivity contribution in [1.29, 1.82) is 0 Å². The molecule has 26 heavy (non-hydrogen) atoms. The molecular formula is C22H44O3S. The van der Waals surface area contributed by atoms with E-state index < -0.39 is 0 Å². The van der Waals surface area contributed by atoms with Gasteiger partial charge in [-0.15, -0.1) is 11.8 Å². The Morgan fingerprint density at radius 1 is 0.846 bits per heavy atom. The van der Waals surface area contributed by atoms with Crippen LogP contribution in [-0.4, -0.2) is 28.4 Å². The predicted octanol–water partition coefficient (Wildman–Crippen LogP) is 6.86. The van der Waals surface area contributed by atoms with Gasteiger partial charge in [0.25, 0.3) is 0 Å². The topological polar surface area (TPSA) is 46.5 Å². The van der Waals surface area contributed by atoms with E-state index in [4.69, 9.17) is 4.74 Å². The predicted molar refractivity (Wildman–Crippen MR) is 115 cm³/mol. The molecule has 2 atom stereocenters. The second-order valence-electron chi connectivity index (χ2n) is 7.45. The fraction of sp³-hybridized carbons (Fsp3) is 0.955. The Bertz CT molecular complexity index is 310. The molecule has 0 aliphatic heterocycles. The molecule has 3 nitrogen and oxygen atoms in total. The van der Waals surface area contributed by atoms with Gasteiger partial charge in [-0.1, -0.05) is 97.3 Å². The Kier molecular flexibility index (Phi) is 19.4. The van der Waals surface area contributed by atoms with E-state index in [1.54, 1.807) is 11.8 Å². The highest BCUT2D eigenvalue weighted by atomic mass is 32.2. The van der Waals surface area contributed by atoms with Crippen LogP contribution in [0.15, 0.2) is 0 Å². The van der Waals surface area contributed by atoms with Crippen molar-refractivity contribution in [3.8, 4) is 0 Å². The van der Waals surface area contributed by atoms with E-state index >= 15 is 0 Å². The fourth-order valence-electron chi connectivity index (χ4n) is 3.09. The van der Waals surface area contributed by atoms with Gasteiger partial charge in [0.15, 0.2) is 0 Å². The van der Waals surface area contributed by atoms with Crippen molar-refractivity contribution in [2.45, 2.75) is 128 Å². The van der Waals surface area contributed by atoms with Crippen LogP contribution >= 0.6 is 11.8 Å². The second-order valence-corrected chi connectivity index (χ2v) is 8.94. The van der Waals surface area contributed by atoms with E-state index in [0.717, 1.165) is 19.3 Å². The van der Waals surface area contributed by atoms with E-state index in [1.165, 1.54) is 84.0 Å². The Morgan fingerprint density at radius 3 is 1.73 bits per heavy atom. The number of thioether (sulfide) groups is 1. The number of ether oxygens (including phenoxy) is 1. The molecule has 0 saturated heterocycles. The van der Waals surface area contributed by atoms with Gasteiger partial charge in [0.05, 0.1) is 5.44 Å². The molecule has 0 amide bonds. The highest BCUT2D eigenvalue weighted by molar-refractivity contribution is 8.00. The second kappa shape index (κ2) is 19.5. The lowest BCUT2D eigenvalue weighted by atomic mass is 10.0. The third-order valence-electron chi connectivity index (χ3n) is 4.83. The summed E-state index contributed by atoms with van der Waals surface area (Å²) < 4.78 is 5.05. The monoisotopic (exact) mass is 388 g/mol. The number of hydrogen-bond donors (Lipinski definition) is 1. The summed E-state index contributed by atoms with van der Waals surface area (Å²) in [4.78, 5) is 10.9. The number of rotatable bonds is 19. The molecule has 4 heteroatoms. The van der Waals surface area contributed by atoms with Crippen LogP contribution < -0.4 is 0 Å². The van der Waals surface area contributed by atoms with Crippen LogP contribution in [0.4, 0.5) is 0 Å². The first-order chi connectivity index (χ1) is 12.6. The molecule has 0 aromatic carbocycles. The van der Waals surface area contributed by atoms with Gasteiger partial charge in [-0.05, 0) is 12.8 Å². The van der Waals surface area contributed by atoms with Crippen molar-refractivity contribution in [2.75, 3.05) is 6.61 Å². The third kappa shape index (κ3) is 18.6. The standard InChI is InChI=1S/C22H44O3S/c1-4-6-7-8-9-10-11-12-13-14-15-16-17-18-22(24)26-21(5-2)19-25-20(3)23/h21-22,24H,4-19H2,1-3H3/t21-,22?/m1/s1. The normalized spacial score (nSPS) is 13.5. The zero-order chi connectivity index (χ0) is 19.5. The highest BCUT2D eigenvalue weighted by Gasteiger charge is 2.14. The molecule has 156 valence electrons. The molecule has 1 N–H and O–H groups in total. The molecule has 0 aromatic rings. The maximum absolute atomic E-state index is 10.9. The molecule has 0 aliphatic rings. The van der Waals surface area contributed by atoms with Gasteiger partial charge in [-0.2, -0.15) is 0 Å². The van der Waals surface area contributed by atoms with Gasteiger partial charge in [0.2, 0.25) is 0 Å². The Morgan fingerprint density at radius 2 is 1.31 bits per heavy atom. The molecule has 0 aliphatic carbocycles. The molecule has 0 spiro atoms. The quantitative estimate of drug-likeness (QED) is 0.149. The zero-order valence-corrected chi connectivity index (χ0v) is 18.5. The summed E-state index contributed by atoms with van der Waals surface area (Å²) in [5, 5.41) is 10.3. The van der Waals surface area contributed by atoms with Gasteiger partial charge < -0.3 is 9.84 Å². The summed E-state index contributed by atoms with van der Waals surface area (Å²) in [6.45, 7) is 6.18. The molecular weight excluding hydrogens is 344 g/mol. The van der Waals surface area contributed by atoms with Gasteiger partial charge in [0, 0.05) is 12.2 Å². The largest absolute Gasteiger partial charge is 0.465 e. The average Bonchev–Trinajstić information content (AvgIpc) is 2.62. The summed E-state index contributed by atoms with van der Waals surface area (Å²) in [5.74, 6) is -0.241. The van der Waals surface area contributed by atoms with Crippen LogP contribution in [-0.2, 0) is 9.53 Å². The minimum Gasteiger partial charge on any atom is -0.465 e. The minimum absolute atomic E-state index is 0.205. The van der Waals surface area contributed by atoms with Gasteiger partial charge in [-0.3, -0.25) is 4.79 Å². The number of aliphatic hydroxyl groups excluding tert-OH is 1. The Labute approximate surface area is 167 Å². The zero-order valence-electron chi connectivity index (χ0n) is 17.6. The first-order valence-electron chi connectivity index (χ1n) is 11.1. The van der Waals surface area contributed by atoms with E-state index in [0.29, 0.717) is 6.61 Å². The molecule has 0 bridgehead atoms.